The summed E-state index contributed by atoms with van der Waals surface area (Å²) in [5, 5.41) is 8.34. The molecular weight excluding hydrogens is 368 g/mol. The van der Waals surface area contributed by atoms with E-state index in [1.54, 1.807) is 6.20 Å². The minimum absolute atomic E-state index is 0.0537. The second-order valence-electron chi connectivity index (χ2n) is 7.09. The van der Waals surface area contributed by atoms with Crippen LogP contribution in [-0.4, -0.2) is 45.7 Å². The second kappa shape index (κ2) is 8.86. The number of aromatic nitrogens is 3. The smallest absolute Gasteiger partial charge is 0.266 e. The highest BCUT2D eigenvalue weighted by Gasteiger charge is 2.28. The lowest BCUT2D eigenvalue weighted by Crippen LogP contribution is -2.40. The van der Waals surface area contributed by atoms with Gasteiger partial charge in [-0.1, -0.05) is 18.2 Å². The van der Waals surface area contributed by atoms with Gasteiger partial charge in [0.15, 0.2) is 0 Å². The van der Waals surface area contributed by atoms with Gasteiger partial charge >= 0.3 is 0 Å². The van der Waals surface area contributed by atoms with Gasteiger partial charge in [-0.2, -0.15) is 0 Å². The summed E-state index contributed by atoms with van der Waals surface area (Å²) in [5.74, 6) is 1.98. The summed E-state index contributed by atoms with van der Waals surface area (Å²) in [6, 6.07) is 13.3. The lowest BCUT2D eigenvalue weighted by Gasteiger charge is -2.31. The Balaban J connectivity index is 1.39. The van der Waals surface area contributed by atoms with E-state index in [1.165, 1.54) is 0 Å². The van der Waals surface area contributed by atoms with Crippen LogP contribution in [0.5, 0.6) is 5.75 Å². The Kier molecular flexibility index (Phi) is 5.84. The number of pyridine rings is 1. The predicted octanol–water partition coefficient (Wildman–Crippen LogP) is 3.48. The van der Waals surface area contributed by atoms with E-state index in [0.717, 1.165) is 30.7 Å². The number of nitrogens with zero attached hydrogens (tertiary/aromatic N) is 4. The second-order valence-corrected chi connectivity index (χ2v) is 7.09. The molecule has 1 amide bonds. The molecule has 0 N–H and O–H groups in total. The normalized spacial score (nSPS) is 16.6. The summed E-state index contributed by atoms with van der Waals surface area (Å²) in [4.78, 5) is 18.9. The standard InChI is InChI=1S/C22H24N4O3/c1-2-28-18-10-8-16(9-11-18)14-20(27)26-13-5-6-17(15-26)21-24-25-22(29-21)19-7-3-4-12-23-19/h3-4,7-12,17H,2,5-6,13-15H2,1H3/t17-/m0/s1. The molecule has 0 saturated carbocycles. The minimum Gasteiger partial charge on any atom is -0.494 e. The lowest BCUT2D eigenvalue weighted by atomic mass is 9.97. The molecule has 1 saturated heterocycles. The van der Waals surface area contributed by atoms with Crippen LogP contribution in [0.2, 0.25) is 0 Å². The summed E-state index contributed by atoms with van der Waals surface area (Å²) < 4.78 is 11.3. The number of piperidine rings is 1. The maximum atomic E-state index is 12.8. The van der Waals surface area contributed by atoms with Crippen molar-refractivity contribution in [3.63, 3.8) is 0 Å². The van der Waals surface area contributed by atoms with Gasteiger partial charge in [0.2, 0.25) is 11.8 Å². The summed E-state index contributed by atoms with van der Waals surface area (Å²) in [6.07, 6.45) is 3.92. The van der Waals surface area contributed by atoms with Crippen LogP contribution >= 0.6 is 0 Å². The van der Waals surface area contributed by atoms with E-state index in [2.05, 4.69) is 15.2 Å². The summed E-state index contributed by atoms with van der Waals surface area (Å²) in [7, 11) is 0. The van der Waals surface area contributed by atoms with Crippen molar-refractivity contribution in [3.05, 3.63) is 60.1 Å². The zero-order chi connectivity index (χ0) is 20.1. The first-order valence-corrected chi connectivity index (χ1v) is 9.97. The highest BCUT2D eigenvalue weighted by Crippen LogP contribution is 2.28. The zero-order valence-corrected chi connectivity index (χ0v) is 16.5. The van der Waals surface area contributed by atoms with E-state index in [-0.39, 0.29) is 11.8 Å². The fourth-order valence-corrected chi connectivity index (χ4v) is 3.55. The van der Waals surface area contributed by atoms with E-state index >= 15 is 0 Å². The van der Waals surface area contributed by atoms with Crippen molar-refractivity contribution < 1.29 is 13.9 Å². The number of ether oxygens (including phenoxy) is 1. The summed E-state index contributed by atoms with van der Waals surface area (Å²) in [6.45, 7) is 3.94. The fourth-order valence-electron chi connectivity index (χ4n) is 3.55. The molecule has 7 heteroatoms. The molecular formula is C22H24N4O3. The van der Waals surface area contributed by atoms with E-state index in [4.69, 9.17) is 9.15 Å². The van der Waals surface area contributed by atoms with Gasteiger partial charge in [-0.15, -0.1) is 10.2 Å². The van der Waals surface area contributed by atoms with E-state index in [9.17, 15) is 4.79 Å². The van der Waals surface area contributed by atoms with Crippen molar-refractivity contribution in [1.82, 2.24) is 20.1 Å². The molecule has 2 aromatic heterocycles. The number of benzene rings is 1. The largest absolute Gasteiger partial charge is 0.494 e. The van der Waals surface area contributed by atoms with Crippen molar-refractivity contribution in [2.75, 3.05) is 19.7 Å². The quantitative estimate of drug-likeness (QED) is 0.639. The molecule has 1 fully saturated rings. The van der Waals surface area contributed by atoms with E-state index < -0.39 is 0 Å². The highest BCUT2D eigenvalue weighted by atomic mass is 16.5. The van der Waals surface area contributed by atoms with Crippen molar-refractivity contribution in [2.24, 2.45) is 0 Å². The third kappa shape index (κ3) is 4.62. The Morgan fingerprint density at radius 3 is 2.83 bits per heavy atom. The molecule has 150 valence electrons. The van der Waals surface area contributed by atoms with Crippen LogP contribution in [0.1, 0.15) is 37.1 Å². The molecule has 1 aliphatic rings. The van der Waals surface area contributed by atoms with Gasteiger partial charge in [0, 0.05) is 19.3 Å². The molecule has 0 unspecified atom stereocenters. The molecule has 29 heavy (non-hydrogen) atoms. The van der Waals surface area contributed by atoms with E-state index in [1.807, 2.05) is 54.3 Å². The van der Waals surface area contributed by atoms with Gasteiger partial charge in [0.25, 0.3) is 5.89 Å². The SMILES string of the molecule is CCOc1ccc(CC(=O)N2CCC[C@H](c3nnc(-c4ccccn4)o3)C2)cc1. The molecule has 4 rings (SSSR count). The van der Waals surface area contributed by atoms with E-state index in [0.29, 0.717) is 37.0 Å². The van der Waals surface area contributed by atoms with Gasteiger partial charge in [-0.25, -0.2) is 0 Å². The molecule has 3 aromatic rings. The Labute approximate surface area is 169 Å². The van der Waals surface area contributed by atoms with Crippen molar-refractivity contribution in [2.45, 2.75) is 32.1 Å². The van der Waals surface area contributed by atoms with Crippen LogP contribution in [0.4, 0.5) is 0 Å². The number of hydrogen-bond acceptors (Lipinski definition) is 6. The maximum Gasteiger partial charge on any atom is 0.266 e. The maximum absolute atomic E-state index is 12.8. The number of rotatable bonds is 6. The van der Waals surface area contributed by atoms with Crippen molar-refractivity contribution in [3.8, 4) is 17.3 Å². The summed E-state index contributed by atoms with van der Waals surface area (Å²) >= 11 is 0. The lowest BCUT2D eigenvalue weighted by molar-refractivity contribution is -0.131. The zero-order valence-electron chi connectivity index (χ0n) is 16.5. The van der Waals surface area contributed by atoms with Crippen LogP contribution in [0.15, 0.2) is 53.1 Å². The number of likely N-dealkylation sites (tertiary alicyclic amines) is 1. The van der Waals surface area contributed by atoms with Crippen LogP contribution in [0, 0.1) is 0 Å². The molecule has 0 bridgehead atoms. The Morgan fingerprint density at radius 2 is 2.07 bits per heavy atom. The average molecular weight is 392 g/mol. The third-order valence-electron chi connectivity index (χ3n) is 5.04. The first-order chi connectivity index (χ1) is 14.2. The number of carbonyl (C=O) groups is 1. The number of amides is 1. The summed E-state index contributed by atoms with van der Waals surface area (Å²) in [5.41, 5.74) is 1.64. The Bertz CT molecular complexity index is 940. The van der Waals surface area contributed by atoms with Crippen LogP contribution in [-0.2, 0) is 11.2 Å². The highest BCUT2D eigenvalue weighted by molar-refractivity contribution is 5.79. The molecule has 1 aromatic carbocycles. The Morgan fingerprint density at radius 1 is 1.21 bits per heavy atom. The molecule has 3 heterocycles. The molecule has 0 aliphatic carbocycles. The van der Waals surface area contributed by atoms with Crippen LogP contribution in [0.3, 0.4) is 0 Å². The van der Waals surface area contributed by atoms with Gasteiger partial charge in [-0.3, -0.25) is 9.78 Å². The average Bonchev–Trinajstić information content (AvgIpc) is 3.26. The first kappa shape index (κ1) is 19.1. The van der Waals surface area contributed by atoms with Crippen molar-refractivity contribution in [1.29, 1.82) is 0 Å². The molecule has 0 spiro atoms. The predicted molar refractivity (Wildman–Crippen MR) is 107 cm³/mol. The molecule has 1 aliphatic heterocycles. The molecule has 1 atom stereocenters. The van der Waals surface area contributed by atoms with Crippen LogP contribution < -0.4 is 4.74 Å². The van der Waals surface area contributed by atoms with Crippen LogP contribution in [0.25, 0.3) is 11.6 Å². The monoisotopic (exact) mass is 392 g/mol. The first-order valence-electron chi connectivity index (χ1n) is 9.97. The number of hydrogen-bond donors (Lipinski definition) is 0. The Hall–Kier alpha value is -3.22. The topological polar surface area (TPSA) is 81.4 Å². The van der Waals surface area contributed by atoms with Crippen molar-refractivity contribution >= 4 is 5.91 Å². The number of carbonyl (C=O) groups excluding carboxylic acids is 1. The van der Waals surface area contributed by atoms with Gasteiger partial charge < -0.3 is 14.1 Å². The van der Waals surface area contributed by atoms with Gasteiger partial charge in [0.05, 0.1) is 18.9 Å². The molecule has 7 nitrogen and oxygen atoms in total. The molecule has 0 radical (unpaired) electrons. The third-order valence-corrected chi connectivity index (χ3v) is 5.04. The minimum atomic E-state index is 0.0537. The van der Waals surface area contributed by atoms with Gasteiger partial charge in [0.1, 0.15) is 11.4 Å². The fraction of sp³-hybridized carbons (Fsp3) is 0.364. The van der Waals surface area contributed by atoms with Gasteiger partial charge in [-0.05, 0) is 49.6 Å².